The van der Waals surface area contributed by atoms with Gasteiger partial charge in [0.25, 0.3) is 0 Å². The van der Waals surface area contributed by atoms with Gasteiger partial charge in [0.1, 0.15) is 11.5 Å². The number of aromatic nitrogens is 2. The van der Waals surface area contributed by atoms with Crippen molar-refractivity contribution in [1.29, 1.82) is 0 Å². The highest BCUT2D eigenvalue weighted by Gasteiger charge is 2.18. The van der Waals surface area contributed by atoms with Gasteiger partial charge in [0.2, 0.25) is 11.0 Å². The Bertz CT molecular complexity index is 948. The van der Waals surface area contributed by atoms with E-state index in [0.717, 1.165) is 11.4 Å². The maximum Gasteiger partial charge on any atom is 0.237 e. The van der Waals surface area contributed by atoms with Gasteiger partial charge in [-0.25, -0.2) is 0 Å². The van der Waals surface area contributed by atoms with E-state index in [0.29, 0.717) is 20.9 Å². The van der Waals surface area contributed by atoms with Gasteiger partial charge in [0, 0.05) is 11.8 Å². The summed E-state index contributed by atoms with van der Waals surface area (Å²) in [6, 6.07) is 14.8. The van der Waals surface area contributed by atoms with Gasteiger partial charge in [-0.1, -0.05) is 41.3 Å². The molecule has 2 N–H and O–H groups in total. The predicted molar refractivity (Wildman–Crippen MR) is 113 cm³/mol. The molecule has 7 nitrogen and oxygen atoms in total. The van der Waals surface area contributed by atoms with Crippen LogP contribution >= 0.6 is 23.1 Å². The number of carbonyl (C=O) groups excluding carboxylic acids is 1. The van der Waals surface area contributed by atoms with Gasteiger partial charge < -0.3 is 20.1 Å². The molecule has 3 aromatic rings. The minimum absolute atomic E-state index is 0.118. The first-order valence-corrected chi connectivity index (χ1v) is 10.1. The molecule has 0 radical (unpaired) electrons. The van der Waals surface area contributed by atoms with E-state index in [-0.39, 0.29) is 11.2 Å². The Morgan fingerprint density at radius 2 is 1.93 bits per heavy atom. The van der Waals surface area contributed by atoms with Gasteiger partial charge >= 0.3 is 0 Å². The number of nitrogens with one attached hydrogen (secondary N) is 2. The molecule has 3 rings (SSSR count). The molecule has 0 saturated heterocycles. The molecule has 0 saturated carbocycles. The highest BCUT2D eigenvalue weighted by atomic mass is 32.2. The largest absolute Gasteiger partial charge is 0.497 e. The molecule has 1 heterocycles. The molecule has 1 amide bonds. The molecule has 2 aromatic carbocycles. The molecule has 0 spiro atoms. The van der Waals surface area contributed by atoms with Crippen molar-refractivity contribution in [3.05, 3.63) is 48.5 Å². The van der Waals surface area contributed by atoms with Gasteiger partial charge in [-0.05, 0) is 31.2 Å². The average Bonchev–Trinajstić information content (AvgIpc) is 3.15. The molecule has 1 aromatic heterocycles. The summed E-state index contributed by atoms with van der Waals surface area (Å²) in [7, 11) is 3.20. The molecular formula is C19H20N4O3S2. The van der Waals surface area contributed by atoms with Crippen molar-refractivity contribution < 1.29 is 14.3 Å². The molecule has 146 valence electrons. The Hall–Kier alpha value is -2.78. The summed E-state index contributed by atoms with van der Waals surface area (Å²) in [5, 5.41) is 14.7. The number of hydrogen-bond acceptors (Lipinski definition) is 8. The highest BCUT2D eigenvalue weighted by Crippen LogP contribution is 2.33. The second-order valence-corrected chi connectivity index (χ2v) is 8.25. The molecule has 0 fully saturated rings. The Labute approximate surface area is 171 Å². The first-order chi connectivity index (χ1) is 13.6. The Morgan fingerprint density at radius 3 is 2.71 bits per heavy atom. The lowest BCUT2D eigenvalue weighted by atomic mass is 10.3. The number of rotatable bonds is 8. The first-order valence-electron chi connectivity index (χ1n) is 8.44. The van der Waals surface area contributed by atoms with Gasteiger partial charge in [-0.2, -0.15) is 0 Å². The Morgan fingerprint density at radius 1 is 1.11 bits per heavy atom. The number of ether oxygens (including phenoxy) is 2. The van der Waals surface area contributed by atoms with Crippen LogP contribution in [0, 0.1) is 0 Å². The lowest BCUT2D eigenvalue weighted by molar-refractivity contribution is -0.115. The fourth-order valence-electron chi connectivity index (χ4n) is 2.32. The van der Waals surface area contributed by atoms with E-state index >= 15 is 0 Å². The summed E-state index contributed by atoms with van der Waals surface area (Å²) < 4.78 is 11.2. The number of anilines is 3. The zero-order valence-corrected chi connectivity index (χ0v) is 17.3. The summed E-state index contributed by atoms with van der Waals surface area (Å²) in [4.78, 5) is 12.4. The fourth-order valence-corrected chi connectivity index (χ4v) is 4.23. The number of carbonyl (C=O) groups is 1. The summed E-state index contributed by atoms with van der Waals surface area (Å²) in [5.74, 6) is 1.29. The van der Waals surface area contributed by atoms with Crippen LogP contribution in [-0.2, 0) is 4.79 Å². The van der Waals surface area contributed by atoms with E-state index in [2.05, 4.69) is 20.8 Å². The average molecular weight is 417 g/mol. The standard InChI is InChI=1S/C19H20N4O3S2/c1-12(17(24)20-13-7-6-8-14(11-13)25-2)27-19-23-22-18(28-19)21-15-9-4-5-10-16(15)26-3/h4-12H,1-3H3,(H,20,24)(H,21,22)/t12-/m1/s1. The SMILES string of the molecule is COc1cccc(NC(=O)[C@@H](C)Sc2nnc(Nc3ccccc3OC)s2)c1. The minimum Gasteiger partial charge on any atom is -0.497 e. The molecule has 0 aliphatic rings. The maximum atomic E-state index is 12.4. The van der Waals surface area contributed by atoms with Crippen LogP contribution in [0.15, 0.2) is 52.9 Å². The van der Waals surface area contributed by atoms with Gasteiger partial charge in [0.15, 0.2) is 4.34 Å². The number of methoxy groups -OCH3 is 2. The van der Waals surface area contributed by atoms with Gasteiger partial charge in [-0.15, -0.1) is 10.2 Å². The highest BCUT2D eigenvalue weighted by molar-refractivity contribution is 8.02. The van der Waals surface area contributed by atoms with Crippen molar-refractivity contribution in [3.8, 4) is 11.5 Å². The van der Waals surface area contributed by atoms with Crippen LogP contribution in [0.4, 0.5) is 16.5 Å². The van der Waals surface area contributed by atoms with Crippen LogP contribution in [-0.4, -0.2) is 35.6 Å². The number of nitrogens with zero attached hydrogens (tertiary/aromatic N) is 2. The molecule has 9 heteroatoms. The first kappa shape index (κ1) is 20.0. The zero-order valence-electron chi connectivity index (χ0n) is 15.6. The fraction of sp³-hybridized carbons (Fsp3) is 0.211. The molecule has 0 unspecified atom stereocenters. The second kappa shape index (κ2) is 9.43. The van der Waals surface area contributed by atoms with Crippen molar-refractivity contribution in [3.63, 3.8) is 0 Å². The molecule has 0 aliphatic heterocycles. The molecule has 28 heavy (non-hydrogen) atoms. The number of amides is 1. The van der Waals surface area contributed by atoms with E-state index in [1.54, 1.807) is 20.3 Å². The summed E-state index contributed by atoms with van der Waals surface area (Å²) in [5.41, 5.74) is 1.49. The third-order valence-electron chi connectivity index (χ3n) is 3.74. The maximum absolute atomic E-state index is 12.4. The molecule has 0 bridgehead atoms. The molecular weight excluding hydrogens is 396 g/mol. The zero-order chi connectivity index (χ0) is 19.9. The van der Waals surface area contributed by atoms with E-state index in [4.69, 9.17) is 9.47 Å². The summed E-state index contributed by atoms with van der Waals surface area (Å²) in [6.45, 7) is 1.83. The van der Waals surface area contributed by atoms with Crippen LogP contribution < -0.4 is 20.1 Å². The molecule has 1 atom stereocenters. The van der Waals surface area contributed by atoms with Crippen molar-refractivity contribution in [1.82, 2.24) is 10.2 Å². The van der Waals surface area contributed by atoms with Crippen molar-refractivity contribution in [2.75, 3.05) is 24.9 Å². The van der Waals surface area contributed by atoms with Crippen LogP contribution in [0.3, 0.4) is 0 Å². The van der Waals surface area contributed by atoms with Gasteiger partial charge in [0.05, 0.1) is 25.2 Å². The second-order valence-electron chi connectivity index (χ2n) is 5.68. The summed E-state index contributed by atoms with van der Waals surface area (Å²) in [6.07, 6.45) is 0. The lowest BCUT2D eigenvalue weighted by Crippen LogP contribution is -2.22. The topological polar surface area (TPSA) is 85.4 Å². The molecule has 0 aliphatic carbocycles. The van der Waals surface area contributed by atoms with Crippen molar-refractivity contribution >= 4 is 45.5 Å². The van der Waals surface area contributed by atoms with Crippen molar-refractivity contribution in [2.24, 2.45) is 0 Å². The van der Waals surface area contributed by atoms with Crippen LogP contribution in [0.1, 0.15) is 6.92 Å². The third-order valence-corrected chi connectivity index (χ3v) is 5.76. The van der Waals surface area contributed by atoms with Crippen LogP contribution in [0.25, 0.3) is 0 Å². The van der Waals surface area contributed by atoms with E-state index in [9.17, 15) is 4.79 Å². The van der Waals surface area contributed by atoms with Crippen molar-refractivity contribution in [2.45, 2.75) is 16.5 Å². The predicted octanol–water partition coefficient (Wildman–Crippen LogP) is 4.42. The number of benzene rings is 2. The number of thioether (sulfide) groups is 1. The summed E-state index contributed by atoms with van der Waals surface area (Å²) >= 11 is 2.73. The monoisotopic (exact) mass is 416 g/mol. The minimum atomic E-state index is -0.335. The number of para-hydroxylation sites is 2. The van der Waals surface area contributed by atoms with Gasteiger partial charge in [-0.3, -0.25) is 4.79 Å². The Kier molecular flexibility index (Phi) is 6.72. The quantitative estimate of drug-likeness (QED) is 0.526. The third kappa shape index (κ3) is 5.14. The van der Waals surface area contributed by atoms with Crippen LogP contribution in [0.5, 0.6) is 11.5 Å². The normalized spacial score (nSPS) is 11.5. The van der Waals surface area contributed by atoms with E-state index in [1.807, 2.05) is 49.4 Å². The number of hydrogen-bond donors (Lipinski definition) is 2. The van der Waals surface area contributed by atoms with E-state index < -0.39 is 0 Å². The lowest BCUT2D eigenvalue weighted by Gasteiger charge is -2.11. The Balaban J connectivity index is 1.60. The van der Waals surface area contributed by atoms with Crippen LogP contribution in [0.2, 0.25) is 0 Å². The smallest absolute Gasteiger partial charge is 0.237 e. The van der Waals surface area contributed by atoms with E-state index in [1.165, 1.54) is 23.1 Å².